The Kier molecular flexibility index (Phi) is 3.38. The zero-order chi connectivity index (χ0) is 15.2. The molecule has 3 aromatic rings. The second-order valence-electron chi connectivity index (χ2n) is 4.09. The largest absolute Gasteiger partial charge is 0.381 e. The monoisotopic (exact) mass is 390 g/mol. The summed E-state index contributed by atoms with van der Waals surface area (Å²) < 4.78 is 42.2. The minimum absolute atomic E-state index is 0.0975. The molecule has 0 radical (unpaired) electrons. The lowest BCUT2D eigenvalue weighted by Crippen LogP contribution is -2.16. The zero-order valence-corrected chi connectivity index (χ0v) is 13.5. The van der Waals surface area contributed by atoms with E-state index in [0.717, 1.165) is 6.07 Å². The van der Waals surface area contributed by atoms with Crippen LogP contribution in [0.1, 0.15) is 0 Å². The molecular formula is C11H8BrFN4O2S2. The predicted molar refractivity (Wildman–Crippen MR) is 82.4 cm³/mol. The van der Waals surface area contributed by atoms with E-state index in [0.29, 0.717) is 4.96 Å². The summed E-state index contributed by atoms with van der Waals surface area (Å²) in [5.41, 5.74) is 5.76. The third-order valence-electron chi connectivity index (χ3n) is 2.67. The molecule has 0 atom stereocenters. The van der Waals surface area contributed by atoms with Gasteiger partial charge in [0.05, 0.1) is 10.2 Å². The molecule has 0 spiro atoms. The lowest BCUT2D eigenvalue weighted by Gasteiger charge is -2.08. The van der Waals surface area contributed by atoms with E-state index in [2.05, 4.69) is 25.6 Å². The first-order valence-corrected chi connectivity index (χ1v) is 8.73. The SMILES string of the molecule is Nc1nc2sccn2c1S(=O)(=O)Nc1ccc(Br)c(F)c1. The second-order valence-corrected chi connectivity index (χ2v) is 7.42. The highest BCUT2D eigenvalue weighted by atomic mass is 79.9. The average Bonchev–Trinajstić information content (AvgIpc) is 2.92. The highest BCUT2D eigenvalue weighted by molar-refractivity contribution is 9.10. The van der Waals surface area contributed by atoms with Gasteiger partial charge in [-0.15, -0.1) is 11.3 Å². The molecule has 0 bridgehead atoms. The van der Waals surface area contributed by atoms with Gasteiger partial charge in [0.15, 0.2) is 10.8 Å². The number of benzene rings is 1. The number of hydrogen-bond donors (Lipinski definition) is 2. The molecule has 0 amide bonds. The zero-order valence-electron chi connectivity index (χ0n) is 10.2. The molecule has 2 heterocycles. The quantitative estimate of drug-likeness (QED) is 0.719. The summed E-state index contributed by atoms with van der Waals surface area (Å²) in [6.45, 7) is 0. The molecule has 3 N–H and O–H groups in total. The van der Waals surface area contributed by atoms with Crippen molar-refractivity contribution in [3.63, 3.8) is 0 Å². The van der Waals surface area contributed by atoms with Crippen LogP contribution in [0.3, 0.4) is 0 Å². The summed E-state index contributed by atoms with van der Waals surface area (Å²) >= 11 is 4.26. The van der Waals surface area contributed by atoms with E-state index in [1.54, 1.807) is 11.6 Å². The Hall–Kier alpha value is -1.65. The molecule has 21 heavy (non-hydrogen) atoms. The second kappa shape index (κ2) is 4.97. The van der Waals surface area contributed by atoms with Crippen LogP contribution in [0.2, 0.25) is 0 Å². The first kappa shape index (κ1) is 14.3. The van der Waals surface area contributed by atoms with E-state index >= 15 is 0 Å². The van der Waals surface area contributed by atoms with Gasteiger partial charge in [-0.05, 0) is 34.1 Å². The van der Waals surface area contributed by atoms with Gasteiger partial charge in [-0.2, -0.15) is 8.42 Å². The van der Waals surface area contributed by atoms with Crippen LogP contribution < -0.4 is 10.5 Å². The van der Waals surface area contributed by atoms with Crippen LogP contribution in [0.25, 0.3) is 4.96 Å². The molecule has 0 saturated carbocycles. The maximum Gasteiger partial charge on any atom is 0.281 e. The van der Waals surface area contributed by atoms with Crippen LogP contribution in [0.4, 0.5) is 15.9 Å². The number of imidazole rings is 1. The van der Waals surface area contributed by atoms with E-state index in [1.807, 2.05) is 0 Å². The molecule has 0 saturated heterocycles. The summed E-state index contributed by atoms with van der Waals surface area (Å²) in [4.78, 5) is 4.44. The van der Waals surface area contributed by atoms with Gasteiger partial charge in [-0.1, -0.05) is 0 Å². The number of sulfonamides is 1. The molecule has 0 aliphatic heterocycles. The smallest absolute Gasteiger partial charge is 0.281 e. The Balaban J connectivity index is 2.06. The Morgan fingerprint density at radius 2 is 2.19 bits per heavy atom. The molecule has 0 unspecified atom stereocenters. The highest BCUT2D eigenvalue weighted by Gasteiger charge is 2.24. The fourth-order valence-electron chi connectivity index (χ4n) is 1.81. The summed E-state index contributed by atoms with van der Waals surface area (Å²) in [6.07, 6.45) is 1.56. The molecule has 1 aromatic carbocycles. The number of rotatable bonds is 3. The summed E-state index contributed by atoms with van der Waals surface area (Å²) in [6, 6.07) is 3.92. The molecule has 6 nitrogen and oxygen atoms in total. The van der Waals surface area contributed by atoms with Gasteiger partial charge in [-0.25, -0.2) is 9.37 Å². The first-order valence-electron chi connectivity index (χ1n) is 5.57. The molecule has 3 rings (SSSR count). The topological polar surface area (TPSA) is 89.5 Å². The minimum Gasteiger partial charge on any atom is -0.381 e. The normalized spacial score (nSPS) is 11.9. The van der Waals surface area contributed by atoms with Gasteiger partial charge in [0.1, 0.15) is 5.82 Å². The number of aromatic nitrogens is 2. The number of hydrogen-bond acceptors (Lipinski definition) is 5. The van der Waals surface area contributed by atoms with Gasteiger partial charge in [0.25, 0.3) is 10.0 Å². The van der Waals surface area contributed by atoms with Crippen LogP contribution in [-0.2, 0) is 10.0 Å². The van der Waals surface area contributed by atoms with Gasteiger partial charge >= 0.3 is 0 Å². The van der Waals surface area contributed by atoms with Crippen LogP contribution in [0.15, 0.2) is 39.3 Å². The van der Waals surface area contributed by atoms with E-state index in [-0.39, 0.29) is 21.0 Å². The Morgan fingerprint density at radius 3 is 2.90 bits per heavy atom. The van der Waals surface area contributed by atoms with Gasteiger partial charge in [-0.3, -0.25) is 9.12 Å². The average molecular weight is 391 g/mol. The van der Waals surface area contributed by atoms with E-state index < -0.39 is 15.8 Å². The number of halogens is 2. The van der Waals surface area contributed by atoms with Gasteiger partial charge < -0.3 is 5.73 Å². The van der Waals surface area contributed by atoms with Crippen molar-refractivity contribution in [1.29, 1.82) is 0 Å². The van der Waals surface area contributed by atoms with Crippen LogP contribution in [-0.4, -0.2) is 17.8 Å². The van der Waals surface area contributed by atoms with E-state index in [9.17, 15) is 12.8 Å². The van der Waals surface area contributed by atoms with Gasteiger partial charge in [0.2, 0.25) is 5.03 Å². The Labute approximate surface area is 131 Å². The van der Waals surface area contributed by atoms with Crippen LogP contribution in [0.5, 0.6) is 0 Å². The van der Waals surface area contributed by atoms with E-state index in [1.165, 1.54) is 27.9 Å². The predicted octanol–water partition coefficient (Wildman–Crippen LogP) is 2.68. The van der Waals surface area contributed by atoms with Crippen molar-refractivity contribution in [3.05, 3.63) is 40.1 Å². The molecule has 110 valence electrons. The number of nitrogens with two attached hydrogens (primary N) is 1. The molecule has 0 fully saturated rings. The van der Waals surface area contributed by atoms with Crippen molar-refractivity contribution in [2.45, 2.75) is 5.03 Å². The first-order chi connectivity index (χ1) is 9.88. The molecular weight excluding hydrogens is 383 g/mol. The molecule has 0 aliphatic rings. The number of nitrogens with one attached hydrogen (secondary N) is 1. The van der Waals surface area contributed by atoms with Gasteiger partial charge in [0, 0.05) is 11.6 Å². The lowest BCUT2D eigenvalue weighted by molar-refractivity contribution is 0.597. The minimum atomic E-state index is -3.98. The van der Waals surface area contributed by atoms with Crippen molar-refractivity contribution in [1.82, 2.24) is 9.38 Å². The number of thiazole rings is 1. The highest BCUT2D eigenvalue weighted by Crippen LogP contribution is 2.26. The van der Waals surface area contributed by atoms with Crippen molar-refractivity contribution < 1.29 is 12.8 Å². The Morgan fingerprint density at radius 1 is 1.43 bits per heavy atom. The molecule has 0 aliphatic carbocycles. The number of fused-ring (bicyclic) bond motifs is 1. The van der Waals surface area contributed by atoms with Crippen molar-refractivity contribution >= 4 is 53.8 Å². The fraction of sp³-hybridized carbons (Fsp3) is 0. The maximum absolute atomic E-state index is 13.5. The Bertz CT molecular complexity index is 935. The molecule has 10 heteroatoms. The number of nitrogen functional groups attached to an aromatic ring is 1. The number of anilines is 2. The van der Waals surface area contributed by atoms with Crippen LogP contribution >= 0.6 is 27.3 Å². The molecule has 2 aromatic heterocycles. The summed E-state index contributed by atoms with van der Waals surface area (Å²) in [5, 5.41) is 1.53. The van der Waals surface area contributed by atoms with Crippen molar-refractivity contribution in [2.24, 2.45) is 0 Å². The van der Waals surface area contributed by atoms with Crippen molar-refractivity contribution in [2.75, 3.05) is 10.5 Å². The number of nitrogens with zero attached hydrogens (tertiary/aromatic N) is 2. The standard InChI is InChI=1S/C11H8BrFN4O2S2/c12-7-2-1-6(5-8(7)13)16-21(18,19)10-9(14)15-11-17(10)3-4-20-11/h1-5,16H,14H2. The third-order valence-corrected chi connectivity index (χ3v) is 5.49. The van der Waals surface area contributed by atoms with Crippen LogP contribution in [0, 0.1) is 5.82 Å². The van der Waals surface area contributed by atoms with E-state index in [4.69, 9.17) is 5.73 Å². The van der Waals surface area contributed by atoms with Crippen molar-refractivity contribution in [3.8, 4) is 0 Å². The maximum atomic E-state index is 13.5. The lowest BCUT2D eigenvalue weighted by atomic mass is 10.3. The summed E-state index contributed by atoms with van der Waals surface area (Å²) in [5.74, 6) is -0.677. The summed E-state index contributed by atoms with van der Waals surface area (Å²) in [7, 11) is -3.98. The third kappa shape index (κ3) is 2.49. The fourth-order valence-corrected chi connectivity index (χ4v) is 4.10.